The monoisotopic (exact) mass is 359 g/mol. The molecule has 6 heteroatoms. The first-order chi connectivity index (χ1) is 12.0. The Morgan fingerprint density at radius 2 is 1.96 bits per heavy atom. The number of ether oxygens (including phenoxy) is 1. The topological polar surface area (TPSA) is 59.2 Å². The Kier molecular flexibility index (Phi) is 4.86. The fourth-order valence-corrected chi connectivity index (χ4v) is 2.86. The third-order valence-electron chi connectivity index (χ3n) is 3.91. The third kappa shape index (κ3) is 3.56. The summed E-state index contributed by atoms with van der Waals surface area (Å²) in [6.07, 6.45) is 0.263. The molecule has 1 atom stereocenters. The van der Waals surface area contributed by atoms with E-state index in [9.17, 15) is 14.0 Å². The predicted octanol–water partition coefficient (Wildman–Crippen LogP) is 4.32. The number of rotatable bonds is 5. The van der Waals surface area contributed by atoms with Crippen molar-refractivity contribution in [3.05, 3.63) is 70.6 Å². The molecular formula is C19H15ClFNO3. The van der Waals surface area contributed by atoms with E-state index in [2.05, 4.69) is 4.98 Å². The maximum absolute atomic E-state index is 13.7. The van der Waals surface area contributed by atoms with Crippen LogP contribution in [0.3, 0.4) is 0 Å². The lowest BCUT2D eigenvalue weighted by molar-refractivity contribution is -0.145. The number of hydrogen-bond donors (Lipinski definition) is 1. The number of carbonyl (C=O) groups excluding carboxylic acids is 2. The van der Waals surface area contributed by atoms with Gasteiger partial charge in [-0.3, -0.25) is 9.59 Å². The van der Waals surface area contributed by atoms with Crippen molar-refractivity contribution in [3.8, 4) is 0 Å². The van der Waals surface area contributed by atoms with Crippen LogP contribution in [-0.2, 0) is 16.0 Å². The number of para-hydroxylation sites is 1. The van der Waals surface area contributed by atoms with E-state index < -0.39 is 17.9 Å². The van der Waals surface area contributed by atoms with E-state index >= 15 is 0 Å². The molecule has 1 aromatic heterocycles. The summed E-state index contributed by atoms with van der Waals surface area (Å²) in [7, 11) is 0. The summed E-state index contributed by atoms with van der Waals surface area (Å²) in [4.78, 5) is 27.6. The van der Waals surface area contributed by atoms with Crippen molar-refractivity contribution in [2.75, 3.05) is 0 Å². The third-order valence-corrected chi connectivity index (χ3v) is 4.27. The number of esters is 1. The quantitative estimate of drug-likeness (QED) is 0.545. The first-order valence-electron chi connectivity index (χ1n) is 7.70. The van der Waals surface area contributed by atoms with E-state index in [-0.39, 0.29) is 22.8 Å². The second kappa shape index (κ2) is 7.07. The van der Waals surface area contributed by atoms with E-state index in [1.807, 2.05) is 24.3 Å². The zero-order chi connectivity index (χ0) is 18.0. The van der Waals surface area contributed by atoms with Crippen molar-refractivity contribution < 1.29 is 18.7 Å². The highest BCUT2D eigenvalue weighted by Gasteiger charge is 2.23. The number of aromatic amines is 1. The van der Waals surface area contributed by atoms with E-state index in [0.717, 1.165) is 10.9 Å². The van der Waals surface area contributed by atoms with Crippen molar-refractivity contribution >= 4 is 34.3 Å². The Morgan fingerprint density at radius 3 is 2.72 bits per heavy atom. The van der Waals surface area contributed by atoms with Gasteiger partial charge in [-0.2, -0.15) is 0 Å². The van der Waals surface area contributed by atoms with Gasteiger partial charge in [0.25, 0.3) is 0 Å². The Bertz CT molecular complexity index is 930. The number of ketones is 1. The highest BCUT2D eigenvalue weighted by Crippen LogP contribution is 2.22. The van der Waals surface area contributed by atoms with Crippen LogP contribution in [-0.4, -0.2) is 22.8 Å². The number of hydrogen-bond acceptors (Lipinski definition) is 3. The molecule has 0 fully saturated rings. The summed E-state index contributed by atoms with van der Waals surface area (Å²) in [6, 6.07) is 11.5. The van der Waals surface area contributed by atoms with Gasteiger partial charge in [-0.15, -0.1) is 0 Å². The Hall–Kier alpha value is -2.66. The van der Waals surface area contributed by atoms with Crippen molar-refractivity contribution in [1.29, 1.82) is 0 Å². The zero-order valence-electron chi connectivity index (χ0n) is 13.4. The molecule has 3 aromatic rings. The molecule has 0 spiro atoms. The summed E-state index contributed by atoms with van der Waals surface area (Å²) in [5.74, 6) is -1.63. The molecule has 0 amide bonds. The molecule has 128 valence electrons. The Labute approximate surface area is 148 Å². The van der Waals surface area contributed by atoms with Gasteiger partial charge < -0.3 is 9.72 Å². The number of Topliss-reactive ketones (excluding diaryl/α,β-unsaturated/α-hetero) is 1. The van der Waals surface area contributed by atoms with Crippen LogP contribution in [0.25, 0.3) is 10.9 Å². The van der Waals surface area contributed by atoms with Crippen LogP contribution in [0.5, 0.6) is 0 Å². The summed E-state index contributed by atoms with van der Waals surface area (Å²) in [5, 5.41) is 0.903. The molecule has 1 N–H and O–H groups in total. The smallest absolute Gasteiger partial charge is 0.311 e. The standard InChI is InChI=1S/C19H15ClFNO3/c1-11(19(24)14-10-22-17-8-3-2-5-12(14)17)25-18(23)9-13-15(20)6-4-7-16(13)21/h2-8,10-11,22H,9H2,1H3/t11-/m0/s1. The lowest BCUT2D eigenvalue weighted by Gasteiger charge is -2.12. The van der Waals surface area contributed by atoms with E-state index in [0.29, 0.717) is 5.56 Å². The van der Waals surface area contributed by atoms with E-state index in [1.165, 1.54) is 25.1 Å². The van der Waals surface area contributed by atoms with Gasteiger partial charge >= 0.3 is 5.97 Å². The number of benzene rings is 2. The minimum absolute atomic E-state index is 0.0564. The van der Waals surface area contributed by atoms with E-state index in [4.69, 9.17) is 16.3 Å². The first-order valence-corrected chi connectivity index (χ1v) is 8.08. The Balaban J connectivity index is 1.72. The molecule has 0 bridgehead atoms. The van der Waals surface area contributed by atoms with Crippen LogP contribution in [0.1, 0.15) is 22.8 Å². The molecular weight excluding hydrogens is 345 g/mol. The maximum atomic E-state index is 13.7. The van der Waals surface area contributed by atoms with Crippen LogP contribution < -0.4 is 0 Å². The number of fused-ring (bicyclic) bond motifs is 1. The number of H-pyrrole nitrogens is 1. The van der Waals surface area contributed by atoms with Crippen molar-refractivity contribution in [3.63, 3.8) is 0 Å². The van der Waals surface area contributed by atoms with Gasteiger partial charge in [0.05, 0.1) is 6.42 Å². The van der Waals surface area contributed by atoms with Gasteiger partial charge in [0.15, 0.2) is 6.10 Å². The van der Waals surface area contributed by atoms with Gasteiger partial charge in [-0.05, 0) is 25.1 Å². The summed E-state index contributed by atoms with van der Waals surface area (Å²) < 4.78 is 18.9. The fraction of sp³-hybridized carbons (Fsp3) is 0.158. The largest absolute Gasteiger partial charge is 0.454 e. The minimum atomic E-state index is -0.989. The van der Waals surface area contributed by atoms with Crippen LogP contribution in [0.15, 0.2) is 48.7 Å². The van der Waals surface area contributed by atoms with Crippen molar-refractivity contribution in [2.45, 2.75) is 19.4 Å². The lowest BCUT2D eigenvalue weighted by atomic mass is 10.1. The first kappa shape index (κ1) is 17.2. The van der Waals surface area contributed by atoms with Gasteiger partial charge in [-0.1, -0.05) is 35.9 Å². The van der Waals surface area contributed by atoms with Gasteiger partial charge in [0, 0.05) is 33.2 Å². The van der Waals surface area contributed by atoms with Crippen LogP contribution >= 0.6 is 11.6 Å². The second-order valence-corrected chi connectivity index (χ2v) is 6.03. The average Bonchev–Trinajstić information content (AvgIpc) is 3.01. The summed E-state index contributed by atoms with van der Waals surface area (Å²) in [5.41, 5.74) is 1.32. The molecule has 0 saturated heterocycles. The zero-order valence-corrected chi connectivity index (χ0v) is 14.1. The minimum Gasteiger partial charge on any atom is -0.454 e. The van der Waals surface area contributed by atoms with Crippen LogP contribution in [0.4, 0.5) is 4.39 Å². The van der Waals surface area contributed by atoms with Gasteiger partial charge in [0.1, 0.15) is 5.82 Å². The van der Waals surface area contributed by atoms with Crippen molar-refractivity contribution in [2.24, 2.45) is 0 Å². The Morgan fingerprint density at radius 1 is 1.20 bits per heavy atom. The molecule has 0 aliphatic rings. The molecule has 0 radical (unpaired) electrons. The molecule has 0 aliphatic heterocycles. The lowest BCUT2D eigenvalue weighted by Crippen LogP contribution is -2.25. The average molecular weight is 360 g/mol. The molecule has 25 heavy (non-hydrogen) atoms. The maximum Gasteiger partial charge on any atom is 0.311 e. The molecule has 2 aromatic carbocycles. The van der Waals surface area contributed by atoms with Gasteiger partial charge in [-0.25, -0.2) is 4.39 Å². The van der Waals surface area contributed by atoms with Gasteiger partial charge in [0.2, 0.25) is 5.78 Å². The number of carbonyl (C=O) groups is 2. The van der Waals surface area contributed by atoms with Crippen LogP contribution in [0.2, 0.25) is 5.02 Å². The molecule has 1 heterocycles. The SMILES string of the molecule is C[C@H](OC(=O)Cc1c(F)cccc1Cl)C(=O)c1c[nH]c2ccccc12. The molecule has 0 unspecified atom stereocenters. The fourth-order valence-electron chi connectivity index (χ4n) is 2.63. The highest BCUT2D eigenvalue weighted by molar-refractivity contribution is 6.31. The molecule has 0 aliphatic carbocycles. The number of halogens is 2. The normalized spacial score (nSPS) is 12.1. The summed E-state index contributed by atoms with van der Waals surface area (Å²) >= 11 is 5.90. The second-order valence-electron chi connectivity index (χ2n) is 5.62. The van der Waals surface area contributed by atoms with E-state index in [1.54, 1.807) is 6.20 Å². The molecule has 4 nitrogen and oxygen atoms in total. The molecule has 0 saturated carbocycles. The highest BCUT2D eigenvalue weighted by atomic mass is 35.5. The van der Waals surface area contributed by atoms with Crippen molar-refractivity contribution in [1.82, 2.24) is 4.98 Å². The predicted molar refractivity (Wildman–Crippen MR) is 93.3 cm³/mol. The number of nitrogens with one attached hydrogen (secondary N) is 1. The summed E-state index contributed by atoms with van der Waals surface area (Å²) in [6.45, 7) is 1.49. The molecule has 3 rings (SSSR count). The van der Waals surface area contributed by atoms with Crippen LogP contribution in [0, 0.1) is 5.82 Å². The number of aromatic nitrogens is 1.